The molecule has 2 N–H and O–H groups in total. The first kappa shape index (κ1) is 13.9. The van der Waals surface area contributed by atoms with Gasteiger partial charge in [-0.05, 0) is 26.3 Å². The van der Waals surface area contributed by atoms with Crippen molar-refractivity contribution in [1.29, 1.82) is 0 Å². The fourth-order valence-electron chi connectivity index (χ4n) is 1.27. The van der Waals surface area contributed by atoms with Crippen LogP contribution in [0.25, 0.3) is 0 Å². The van der Waals surface area contributed by atoms with E-state index in [4.69, 9.17) is 11.6 Å². The van der Waals surface area contributed by atoms with E-state index in [-0.39, 0.29) is 12.5 Å². The lowest BCUT2D eigenvalue weighted by molar-refractivity contribution is 0.0847. The van der Waals surface area contributed by atoms with Gasteiger partial charge in [0.1, 0.15) is 0 Å². The maximum absolute atomic E-state index is 12.0. The van der Waals surface area contributed by atoms with Crippen molar-refractivity contribution >= 4 is 17.5 Å². The van der Waals surface area contributed by atoms with Crippen molar-refractivity contribution in [1.82, 2.24) is 10.3 Å². The van der Waals surface area contributed by atoms with E-state index >= 15 is 0 Å². The Labute approximate surface area is 106 Å². The van der Waals surface area contributed by atoms with Gasteiger partial charge in [-0.2, -0.15) is 0 Å². The zero-order valence-corrected chi connectivity index (χ0v) is 11.0. The van der Waals surface area contributed by atoms with Gasteiger partial charge in [0.15, 0.2) is 0 Å². The summed E-state index contributed by atoms with van der Waals surface area (Å²) in [6, 6.07) is 1.64. The molecule has 0 aliphatic rings. The largest absolute Gasteiger partial charge is 0.394 e. The molecular weight excluding hydrogens is 240 g/mol. The van der Waals surface area contributed by atoms with Crippen LogP contribution in [-0.4, -0.2) is 28.1 Å². The minimum Gasteiger partial charge on any atom is -0.394 e. The summed E-state index contributed by atoms with van der Waals surface area (Å²) in [4.78, 5) is 16.0. The lowest BCUT2D eigenvalue weighted by atomic mass is 10.00. The number of carbonyl (C=O) groups excluding carboxylic acids is 1. The summed E-state index contributed by atoms with van der Waals surface area (Å²) in [5, 5.41) is 12.4. The van der Waals surface area contributed by atoms with Crippen molar-refractivity contribution in [2.24, 2.45) is 0 Å². The molecule has 0 saturated carbocycles. The minimum absolute atomic E-state index is 0.119. The Morgan fingerprint density at radius 2 is 2.29 bits per heavy atom. The monoisotopic (exact) mass is 256 g/mol. The van der Waals surface area contributed by atoms with E-state index in [0.29, 0.717) is 17.0 Å². The van der Waals surface area contributed by atoms with Crippen LogP contribution >= 0.6 is 11.6 Å². The molecule has 0 saturated heterocycles. The van der Waals surface area contributed by atoms with Crippen molar-refractivity contribution in [2.45, 2.75) is 32.7 Å². The number of rotatable bonds is 4. The normalized spacial score (nSPS) is 14.2. The van der Waals surface area contributed by atoms with Gasteiger partial charge < -0.3 is 10.4 Å². The van der Waals surface area contributed by atoms with Crippen LogP contribution in [0.15, 0.2) is 12.3 Å². The fraction of sp³-hybridized carbons (Fsp3) is 0.500. The highest BCUT2D eigenvalue weighted by Crippen LogP contribution is 2.17. The second-order valence-electron chi connectivity index (χ2n) is 4.33. The van der Waals surface area contributed by atoms with E-state index in [1.807, 2.05) is 6.92 Å². The smallest absolute Gasteiger partial charge is 0.254 e. The van der Waals surface area contributed by atoms with Gasteiger partial charge in [-0.3, -0.25) is 9.78 Å². The molecule has 94 valence electrons. The minimum atomic E-state index is -0.634. The molecule has 1 aromatic heterocycles. The van der Waals surface area contributed by atoms with Crippen molar-refractivity contribution in [3.05, 3.63) is 28.5 Å². The van der Waals surface area contributed by atoms with Gasteiger partial charge in [-0.1, -0.05) is 18.5 Å². The van der Waals surface area contributed by atoms with Crippen molar-refractivity contribution in [3.63, 3.8) is 0 Å². The second-order valence-corrected chi connectivity index (χ2v) is 4.74. The maximum Gasteiger partial charge on any atom is 0.254 e. The summed E-state index contributed by atoms with van der Waals surface area (Å²) in [6.45, 7) is 5.36. The molecule has 0 bridgehead atoms. The number of halogens is 1. The summed E-state index contributed by atoms with van der Waals surface area (Å²) in [6.07, 6.45) is 2.08. The summed E-state index contributed by atoms with van der Waals surface area (Å²) in [7, 11) is 0. The third kappa shape index (κ3) is 3.41. The molecule has 4 nitrogen and oxygen atoms in total. The van der Waals surface area contributed by atoms with Gasteiger partial charge in [0.25, 0.3) is 5.91 Å². The highest BCUT2D eigenvalue weighted by atomic mass is 35.5. The van der Waals surface area contributed by atoms with Crippen LogP contribution in [-0.2, 0) is 0 Å². The summed E-state index contributed by atoms with van der Waals surface area (Å²) in [5.74, 6) is -0.319. The standard InChI is InChI=1S/C12H17ClN2O2/c1-4-12(3,7-16)15-11(17)9-6-14-8(2)5-10(9)13/h5-6,16H,4,7H2,1-3H3,(H,15,17). The van der Waals surface area contributed by atoms with E-state index in [1.165, 1.54) is 6.20 Å². The van der Waals surface area contributed by atoms with Crippen molar-refractivity contribution in [3.8, 4) is 0 Å². The van der Waals surface area contributed by atoms with Crippen LogP contribution in [0.3, 0.4) is 0 Å². The van der Waals surface area contributed by atoms with Crippen molar-refractivity contribution in [2.75, 3.05) is 6.61 Å². The van der Waals surface area contributed by atoms with Gasteiger partial charge in [0.05, 0.1) is 22.7 Å². The topological polar surface area (TPSA) is 62.2 Å². The van der Waals surface area contributed by atoms with E-state index in [2.05, 4.69) is 10.3 Å². The molecule has 5 heteroatoms. The average molecular weight is 257 g/mol. The maximum atomic E-state index is 12.0. The molecule has 0 spiro atoms. The van der Waals surface area contributed by atoms with Gasteiger partial charge in [0.2, 0.25) is 0 Å². The lowest BCUT2D eigenvalue weighted by Crippen LogP contribution is -2.48. The Kier molecular flexibility index (Phi) is 4.48. The Bertz CT molecular complexity index is 417. The van der Waals surface area contributed by atoms with Crippen LogP contribution in [0.5, 0.6) is 0 Å². The number of amides is 1. The number of hydrogen-bond acceptors (Lipinski definition) is 3. The SMILES string of the molecule is CCC(C)(CO)NC(=O)c1cnc(C)cc1Cl. The number of pyridine rings is 1. The molecule has 0 aromatic carbocycles. The van der Waals surface area contributed by atoms with Crippen LogP contribution in [0, 0.1) is 6.92 Å². The summed E-state index contributed by atoms with van der Waals surface area (Å²) >= 11 is 5.98. The Balaban J connectivity index is 2.90. The molecule has 0 fully saturated rings. The molecular formula is C12H17ClN2O2. The average Bonchev–Trinajstić information content (AvgIpc) is 2.28. The molecule has 1 aromatic rings. The highest BCUT2D eigenvalue weighted by Gasteiger charge is 2.24. The number of nitrogens with zero attached hydrogens (tertiary/aromatic N) is 1. The predicted octanol–water partition coefficient (Wildman–Crippen LogP) is 1.93. The van der Waals surface area contributed by atoms with E-state index in [1.54, 1.807) is 19.9 Å². The first-order chi connectivity index (χ1) is 7.91. The second kappa shape index (κ2) is 5.47. The lowest BCUT2D eigenvalue weighted by Gasteiger charge is -2.27. The third-order valence-corrected chi connectivity index (χ3v) is 3.09. The molecule has 0 aliphatic carbocycles. The number of aliphatic hydroxyl groups excluding tert-OH is 1. The Morgan fingerprint density at radius 1 is 1.65 bits per heavy atom. The van der Waals surface area contributed by atoms with Gasteiger partial charge >= 0.3 is 0 Å². The zero-order valence-electron chi connectivity index (χ0n) is 10.2. The molecule has 1 unspecified atom stereocenters. The van der Waals surface area contributed by atoms with Crippen LogP contribution in [0.4, 0.5) is 0 Å². The summed E-state index contributed by atoms with van der Waals surface area (Å²) < 4.78 is 0. The fourth-order valence-corrected chi connectivity index (χ4v) is 1.57. The quantitative estimate of drug-likeness (QED) is 0.865. The third-order valence-electron chi connectivity index (χ3n) is 2.78. The van der Waals surface area contributed by atoms with Crippen LogP contribution < -0.4 is 5.32 Å². The Morgan fingerprint density at radius 3 is 2.76 bits per heavy atom. The number of carbonyl (C=O) groups is 1. The molecule has 1 rings (SSSR count). The number of nitrogens with one attached hydrogen (secondary N) is 1. The number of aromatic nitrogens is 1. The number of hydrogen-bond donors (Lipinski definition) is 2. The first-order valence-electron chi connectivity index (χ1n) is 5.47. The van der Waals surface area contributed by atoms with E-state index < -0.39 is 5.54 Å². The molecule has 1 amide bonds. The van der Waals surface area contributed by atoms with Gasteiger partial charge in [-0.25, -0.2) is 0 Å². The molecule has 17 heavy (non-hydrogen) atoms. The molecule has 0 radical (unpaired) electrons. The molecule has 1 atom stereocenters. The van der Waals surface area contributed by atoms with Gasteiger partial charge in [0, 0.05) is 11.9 Å². The van der Waals surface area contributed by atoms with Crippen LogP contribution in [0.1, 0.15) is 36.3 Å². The van der Waals surface area contributed by atoms with Crippen LogP contribution in [0.2, 0.25) is 5.02 Å². The molecule has 0 aliphatic heterocycles. The molecule has 1 heterocycles. The van der Waals surface area contributed by atoms with Gasteiger partial charge in [-0.15, -0.1) is 0 Å². The first-order valence-corrected chi connectivity index (χ1v) is 5.85. The van der Waals surface area contributed by atoms with E-state index in [9.17, 15) is 9.90 Å². The summed E-state index contributed by atoms with van der Waals surface area (Å²) in [5.41, 5.74) is 0.447. The Hall–Kier alpha value is -1.13. The zero-order chi connectivity index (χ0) is 13.1. The predicted molar refractivity (Wildman–Crippen MR) is 67.2 cm³/mol. The number of aliphatic hydroxyl groups is 1. The highest BCUT2D eigenvalue weighted by molar-refractivity contribution is 6.33. The van der Waals surface area contributed by atoms with Crippen molar-refractivity contribution < 1.29 is 9.90 Å². The van der Waals surface area contributed by atoms with E-state index in [0.717, 1.165) is 5.69 Å². The number of aryl methyl sites for hydroxylation is 1.